The van der Waals surface area contributed by atoms with Gasteiger partial charge in [-0.3, -0.25) is 0 Å². The minimum Gasteiger partial charge on any atom is -0.340 e. The normalized spacial score (nSPS) is 9.80. The fourth-order valence-corrected chi connectivity index (χ4v) is 0.837. The highest BCUT2D eigenvalue weighted by atomic mass is 16.5. The molecule has 0 aliphatic heterocycles. The lowest BCUT2D eigenvalue weighted by atomic mass is 10.5. The minimum absolute atomic E-state index is 0.741. The van der Waals surface area contributed by atoms with E-state index in [2.05, 4.69) is 24.2 Å². The lowest BCUT2D eigenvalue weighted by molar-refractivity contribution is 0.392. The van der Waals surface area contributed by atoms with Crippen LogP contribution in [0.4, 0.5) is 5.88 Å². The Kier molecular flexibility index (Phi) is 2.25. The van der Waals surface area contributed by atoms with Crippen molar-refractivity contribution in [1.29, 1.82) is 0 Å². The first kappa shape index (κ1) is 7.05. The van der Waals surface area contributed by atoms with Crippen molar-refractivity contribution in [3.63, 3.8) is 0 Å². The molecule has 0 saturated carbocycles. The van der Waals surface area contributed by atoms with Gasteiger partial charge in [0.15, 0.2) is 0 Å². The average molecular weight is 141 g/mol. The SMILES string of the molecule is CCN(CC)c1cnno1. The molecule has 4 heteroatoms. The second-order valence-corrected chi connectivity index (χ2v) is 1.93. The van der Waals surface area contributed by atoms with Crippen molar-refractivity contribution in [3.8, 4) is 0 Å². The molecule has 0 amide bonds. The van der Waals surface area contributed by atoms with Gasteiger partial charge in [0.2, 0.25) is 5.88 Å². The maximum absolute atomic E-state index is 4.84. The molecule has 1 rings (SSSR count). The Morgan fingerprint density at radius 1 is 1.50 bits per heavy atom. The second-order valence-electron chi connectivity index (χ2n) is 1.93. The van der Waals surface area contributed by atoms with Crippen LogP contribution in [-0.4, -0.2) is 23.5 Å². The van der Waals surface area contributed by atoms with Crippen LogP contribution in [0.3, 0.4) is 0 Å². The largest absolute Gasteiger partial charge is 0.340 e. The van der Waals surface area contributed by atoms with E-state index in [1.54, 1.807) is 6.20 Å². The molecule has 4 nitrogen and oxygen atoms in total. The van der Waals surface area contributed by atoms with Crippen LogP contribution in [0, 0.1) is 0 Å². The Labute approximate surface area is 59.8 Å². The van der Waals surface area contributed by atoms with Crippen molar-refractivity contribution in [3.05, 3.63) is 6.20 Å². The summed E-state index contributed by atoms with van der Waals surface area (Å²) in [6, 6.07) is 0. The highest BCUT2D eigenvalue weighted by Crippen LogP contribution is 2.08. The zero-order valence-corrected chi connectivity index (χ0v) is 6.24. The first-order valence-electron chi connectivity index (χ1n) is 3.40. The quantitative estimate of drug-likeness (QED) is 0.627. The molecule has 0 aliphatic rings. The zero-order chi connectivity index (χ0) is 7.40. The molecule has 56 valence electrons. The summed E-state index contributed by atoms with van der Waals surface area (Å²) in [5.74, 6) is 0.741. The topological polar surface area (TPSA) is 42.2 Å². The van der Waals surface area contributed by atoms with Gasteiger partial charge in [0.25, 0.3) is 0 Å². The maximum atomic E-state index is 4.84. The van der Waals surface area contributed by atoms with Crippen molar-refractivity contribution < 1.29 is 4.52 Å². The number of aromatic nitrogens is 2. The maximum Gasteiger partial charge on any atom is 0.247 e. The van der Waals surface area contributed by atoms with Crippen LogP contribution in [0.2, 0.25) is 0 Å². The van der Waals surface area contributed by atoms with Gasteiger partial charge in [-0.05, 0) is 13.8 Å². The third-order valence-corrected chi connectivity index (χ3v) is 1.42. The van der Waals surface area contributed by atoms with Crippen LogP contribution in [0.15, 0.2) is 10.7 Å². The molecule has 0 bridgehead atoms. The molecule has 0 radical (unpaired) electrons. The van der Waals surface area contributed by atoms with E-state index >= 15 is 0 Å². The van der Waals surface area contributed by atoms with E-state index in [-0.39, 0.29) is 0 Å². The molecule has 0 fully saturated rings. The summed E-state index contributed by atoms with van der Waals surface area (Å²) in [7, 11) is 0. The summed E-state index contributed by atoms with van der Waals surface area (Å²) < 4.78 is 4.84. The van der Waals surface area contributed by atoms with Gasteiger partial charge in [0.05, 0.1) is 0 Å². The van der Waals surface area contributed by atoms with Crippen molar-refractivity contribution in [2.75, 3.05) is 18.0 Å². The molecule has 1 heterocycles. The average Bonchev–Trinajstić information content (AvgIpc) is 2.43. The Hall–Kier alpha value is -1.06. The van der Waals surface area contributed by atoms with Crippen LogP contribution in [-0.2, 0) is 0 Å². The van der Waals surface area contributed by atoms with Crippen LogP contribution in [0.25, 0.3) is 0 Å². The zero-order valence-electron chi connectivity index (χ0n) is 6.24. The minimum atomic E-state index is 0.741. The van der Waals surface area contributed by atoms with Crippen molar-refractivity contribution >= 4 is 5.88 Å². The molecule has 0 unspecified atom stereocenters. The van der Waals surface area contributed by atoms with Gasteiger partial charge >= 0.3 is 0 Å². The van der Waals surface area contributed by atoms with E-state index in [0.717, 1.165) is 19.0 Å². The third kappa shape index (κ3) is 1.26. The molecular formula is C6H11N3O. The Morgan fingerprint density at radius 3 is 2.60 bits per heavy atom. The Morgan fingerprint density at radius 2 is 2.20 bits per heavy atom. The molecule has 0 saturated heterocycles. The number of hydrogen-bond donors (Lipinski definition) is 0. The van der Waals surface area contributed by atoms with E-state index < -0.39 is 0 Å². The number of nitrogens with zero attached hydrogens (tertiary/aromatic N) is 3. The molecular weight excluding hydrogens is 130 g/mol. The molecule has 0 aromatic carbocycles. The highest BCUT2D eigenvalue weighted by Gasteiger charge is 2.04. The molecule has 0 atom stereocenters. The monoisotopic (exact) mass is 141 g/mol. The third-order valence-electron chi connectivity index (χ3n) is 1.42. The first-order valence-corrected chi connectivity index (χ1v) is 3.40. The molecule has 1 aromatic rings. The molecule has 1 aromatic heterocycles. The summed E-state index contributed by atoms with van der Waals surface area (Å²) in [6.45, 7) is 5.97. The van der Waals surface area contributed by atoms with Gasteiger partial charge in [-0.2, -0.15) is 0 Å². The predicted octanol–water partition coefficient (Wildman–Crippen LogP) is 0.916. The van der Waals surface area contributed by atoms with Gasteiger partial charge in [0.1, 0.15) is 6.20 Å². The van der Waals surface area contributed by atoms with E-state index in [4.69, 9.17) is 4.52 Å². The standard InChI is InChI=1S/C6H11N3O/c1-3-9(4-2)6-5-7-8-10-6/h5H,3-4H2,1-2H3. The van der Waals surface area contributed by atoms with E-state index in [1.807, 2.05) is 4.90 Å². The van der Waals surface area contributed by atoms with Gasteiger partial charge < -0.3 is 9.42 Å². The van der Waals surface area contributed by atoms with Gasteiger partial charge in [0, 0.05) is 18.4 Å². The number of rotatable bonds is 3. The van der Waals surface area contributed by atoms with E-state index in [0.29, 0.717) is 0 Å². The van der Waals surface area contributed by atoms with Crippen molar-refractivity contribution in [2.24, 2.45) is 0 Å². The Bertz CT molecular complexity index is 169. The summed E-state index contributed by atoms with van der Waals surface area (Å²) in [5, 5.41) is 6.95. The lowest BCUT2D eigenvalue weighted by Gasteiger charge is -2.14. The van der Waals surface area contributed by atoms with E-state index in [1.165, 1.54) is 0 Å². The molecule has 0 aliphatic carbocycles. The van der Waals surface area contributed by atoms with E-state index in [9.17, 15) is 0 Å². The van der Waals surface area contributed by atoms with Gasteiger partial charge in [-0.25, -0.2) is 0 Å². The van der Waals surface area contributed by atoms with Crippen LogP contribution in [0.5, 0.6) is 0 Å². The number of hydrogen-bond acceptors (Lipinski definition) is 4. The highest BCUT2D eigenvalue weighted by molar-refractivity contribution is 5.29. The fraction of sp³-hybridized carbons (Fsp3) is 0.667. The smallest absolute Gasteiger partial charge is 0.247 e. The predicted molar refractivity (Wildman–Crippen MR) is 37.9 cm³/mol. The van der Waals surface area contributed by atoms with Crippen LogP contribution < -0.4 is 4.90 Å². The first-order chi connectivity index (χ1) is 4.88. The Balaban J connectivity index is 2.64. The van der Waals surface area contributed by atoms with Crippen molar-refractivity contribution in [1.82, 2.24) is 10.4 Å². The second kappa shape index (κ2) is 3.20. The fourth-order valence-electron chi connectivity index (χ4n) is 0.837. The summed E-state index contributed by atoms with van der Waals surface area (Å²) in [4.78, 5) is 2.04. The molecule has 10 heavy (non-hydrogen) atoms. The molecule has 0 N–H and O–H groups in total. The summed E-state index contributed by atoms with van der Waals surface area (Å²) in [5.41, 5.74) is 0. The van der Waals surface area contributed by atoms with Crippen molar-refractivity contribution in [2.45, 2.75) is 13.8 Å². The summed E-state index contributed by atoms with van der Waals surface area (Å²) in [6.07, 6.45) is 1.62. The van der Waals surface area contributed by atoms with Gasteiger partial charge in [-0.1, -0.05) is 0 Å². The molecule has 0 spiro atoms. The summed E-state index contributed by atoms with van der Waals surface area (Å²) >= 11 is 0. The lowest BCUT2D eigenvalue weighted by Crippen LogP contribution is -2.20. The van der Waals surface area contributed by atoms with Gasteiger partial charge in [-0.15, -0.1) is 5.10 Å². The number of anilines is 1. The van der Waals surface area contributed by atoms with Crippen LogP contribution >= 0.6 is 0 Å². The van der Waals surface area contributed by atoms with Crippen LogP contribution in [0.1, 0.15) is 13.8 Å².